The first-order valence-electron chi connectivity index (χ1n) is 13.3. The van der Waals surface area contributed by atoms with Crippen LogP contribution in [-0.2, 0) is 6.54 Å². The largest absolute Gasteiger partial charge is 0.384 e. The Morgan fingerprint density at radius 1 is 1.05 bits per heavy atom. The van der Waals surface area contributed by atoms with Crippen molar-refractivity contribution in [1.29, 1.82) is 0 Å². The van der Waals surface area contributed by atoms with Gasteiger partial charge in [0.15, 0.2) is 0 Å². The molecular weight excluding hydrogens is 513 g/mol. The van der Waals surface area contributed by atoms with Gasteiger partial charge in [-0.1, -0.05) is 12.1 Å². The van der Waals surface area contributed by atoms with Gasteiger partial charge in [0.25, 0.3) is 5.91 Å². The van der Waals surface area contributed by atoms with Crippen molar-refractivity contribution in [2.45, 2.75) is 13.5 Å². The van der Waals surface area contributed by atoms with Crippen LogP contribution in [0.5, 0.6) is 0 Å². The highest BCUT2D eigenvalue weighted by molar-refractivity contribution is 5.99. The molecule has 1 aromatic carbocycles. The molecule has 12 heteroatoms. The van der Waals surface area contributed by atoms with Crippen LogP contribution in [0.2, 0.25) is 0 Å². The van der Waals surface area contributed by atoms with Crippen LogP contribution in [0.3, 0.4) is 0 Å². The topological polar surface area (TPSA) is 141 Å². The normalized spacial score (nSPS) is 14.0. The molecular formula is C28H36FN9O2. The average Bonchev–Trinajstić information content (AvgIpc) is 2.95. The van der Waals surface area contributed by atoms with Crippen LogP contribution in [0.15, 0.2) is 48.7 Å². The summed E-state index contributed by atoms with van der Waals surface area (Å²) in [7, 11) is 2.11. The summed E-state index contributed by atoms with van der Waals surface area (Å²) < 4.78 is 14.9. The molecule has 40 heavy (non-hydrogen) atoms. The molecule has 0 unspecified atom stereocenters. The van der Waals surface area contributed by atoms with Crippen LogP contribution in [-0.4, -0.2) is 84.6 Å². The van der Waals surface area contributed by atoms with Crippen molar-refractivity contribution in [1.82, 2.24) is 30.4 Å². The second kappa shape index (κ2) is 13.7. The molecule has 3 aromatic rings. The molecule has 11 nitrogen and oxygen atoms in total. The molecule has 3 amide bonds. The number of nitrogens with two attached hydrogens (primary N) is 1. The van der Waals surface area contributed by atoms with Gasteiger partial charge in [0, 0.05) is 64.1 Å². The average molecular weight is 550 g/mol. The standard InChI is InChI=1S/C28H36FN9O2/c1-3-31-26-21(27(39)32-10-11-38-14-12-37(2)13-15-38)6-8-23(35-26)20-5-7-24(22(29)16-20)36-28(40)34-18-19-4-9-25(30)33-17-19/h4-9,16-17H,3,10-15,18H2,1-2H3,(H2,30,33)(H,31,35)(H,32,39)(H2,34,36,40). The molecule has 2 aromatic heterocycles. The van der Waals surface area contributed by atoms with Crippen LogP contribution in [0.4, 0.5) is 26.5 Å². The van der Waals surface area contributed by atoms with Crippen molar-refractivity contribution >= 4 is 29.3 Å². The molecule has 1 aliphatic heterocycles. The second-order valence-corrected chi connectivity index (χ2v) is 9.62. The van der Waals surface area contributed by atoms with E-state index in [1.54, 1.807) is 36.5 Å². The minimum Gasteiger partial charge on any atom is -0.384 e. The summed E-state index contributed by atoms with van der Waals surface area (Å²) in [5.74, 6) is -0.0109. The number of carbonyl (C=O) groups is 2. The zero-order valence-electron chi connectivity index (χ0n) is 22.8. The molecule has 6 N–H and O–H groups in total. The first-order valence-corrected chi connectivity index (χ1v) is 13.3. The number of likely N-dealkylation sites (N-methyl/N-ethyl adjacent to an activating group) is 1. The molecule has 3 heterocycles. The predicted molar refractivity (Wildman–Crippen MR) is 155 cm³/mol. The highest BCUT2D eigenvalue weighted by atomic mass is 19.1. The maximum atomic E-state index is 14.9. The van der Waals surface area contributed by atoms with Crippen molar-refractivity contribution < 1.29 is 14.0 Å². The number of anilines is 3. The van der Waals surface area contributed by atoms with E-state index in [1.165, 1.54) is 12.1 Å². The van der Waals surface area contributed by atoms with Gasteiger partial charge >= 0.3 is 6.03 Å². The minimum absolute atomic E-state index is 0.0277. The lowest BCUT2D eigenvalue weighted by Crippen LogP contribution is -2.46. The Morgan fingerprint density at radius 3 is 2.55 bits per heavy atom. The van der Waals surface area contributed by atoms with Crippen molar-refractivity contribution in [2.24, 2.45) is 0 Å². The number of hydrogen-bond donors (Lipinski definition) is 5. The van der Waals surface area contributed by atoms with Gasteiger partial charge in [-0.3, -0.25) is 9.69 Å². The van der Waals surface area contributed by atoms with E-state index < -0.39 is 11.8 Å². The number of aromatic nitrogens is 2. The van der Waals surface area contributed by atoms with Gasteiger partial charge in [0.1, 0.15) is 17.5 Å². The molecule has 1 fully saturated rings. The molecule has 0 saturated carbocycles. The van der Waals surface area contributed by atoms with E-state index in [2.05, 4.69) is 48.1 Å². The van der Waals surface area contributed by atoms with Crippen LogP contribution in [0.25, 0.3) is 11.3 Å². The monoisotopic (exact) mass is 549 g/mol. The number of nitrogens with zero attached hydrogens (tertiary/aromatic N) is 4. The fourth-order valence-corrected chi connectivity index (χ4v) is 4.26. The van der Waals surface area contributed by atoms with E-state index in [0.29, 0.717) is 41.5 Å². The highest BCUT2D eigenvalue weighted by Gasteiger charge is 2.17. The Morgan fingerprint density at radius 2 is 1.85 bits per heavy atom. The number of amides is 3. The lowest BCUT2D eigenvalue weighted by Gasteiger charge is -2.32. The van der Waals surface area contributed by atoms with E-state index in [4.69, 9.17) is 5.73 Å². The molecule has 0 spiro atoms. The summed E-state index contributed by atoms with van der Waals surface area (Å²) >= 11 is 0. The first kappa shape index (κ1) is 28.7. The van der Waals surface area contributed by atoms with Gasteiger partial charge in [-0.05, 0) is 49.9 Å². The fraction of sp³-hybridized carbons (Fsp3) is 0.357. The Kier molecular flexibility index (Phi) is 9.81. The van der Waals surface area contributed by atoms with Gasteiger partial charge < -0.3 is 31.9 Å². The van der Waals surface area contributed by atoms with Gasteiger partial charge in [0.05, 0.1) is 16.9 Å². The van der Waals surface area contributed by atoms with Crippen molar-refractivity contribution in [3.05, 3.63) is 65.6 Å². The molecule has 1 saturated heterocycles. The molecule has 0 bridgehead atoms. The number of urea groups is 1. The number of halogens is 1. The van der Waals surface area contributed by atoms with Crippen LogP contribution in [0.1, 0.15) is 22.8 Å². The van der Waals surface area contributed by atoms with Crippen molar-refractivity contribution in [2.75, 3.05) is 69.2 Å². The Balaban J connectivity index is 1.36. The summed E-state index contributed by atoms with van der Waals surface area (Å²) in [6.07, 6.45) is 1.56. The Bertz CT molecular complexity index is 1310. The number of carbonyl (C=O) groups excluding carboxylic acids is 2. The molecule has 4 rings (SSSR count). The van der Waals surface area contributed by atoms with Gasteiger partial charge in [-0.25, -0.2) is 19.2 Å². The van der Waals surface area contributed by atoms with E-state index >= 15 is 0 Å². The number of nitrogens with one attached hydrogen (secondary N) is 4. The SMILES string of the molecule is CCNc1nc(-c2ccc(NC(=O)NCc3ccc(N)nc3)c(F)c2)ccc1C(=O)NCCN1CCN(C)CC1. The molecule has 0 atom stereocenters. The number of rotatable bonds is 10. The zero-order valence-corrected chi connectivity index (χ0v) is 22.8. The first-order chi connectivity index (χ1) is 19.3. The molecule has 0 aliphatic carbocycles. The lowest BCUT2D eigenvalue weighted by molar-refractivity contribution is 0.0941. The quantitative estimate of drug-likeness (QED) is 0.260. The van der Waals surface area contributed by atoms with Crippen LogP contribution < -0.4 is 27.0 Å². The summed E-state index contributed by atoms with van der Waals surface area (Å²) in [5.41, 5.74) is 7.78. The second-order valence-electron chi connectivity index (χ2n) is 9.62. The highest BCUT2D eigenvalue weighted by Crippen LogP contribution is 2.26. The molecule has 1 aliphatic rings. The Labute approximate surface area is 233 Å². The van der Waals surface area contributed by atoms with Gasteiger partial charge in [-0.15, -0.1) is 0 Å². The smallest absolute Gasteiger partial charge is 0.319 e. The maximum Gasteiger partial charge on any atom is 0.319 e. The third kappa shape index (κ3) is 7.87. The Hall–Kier alpha value is -4.29. The number of nitrogen functional groups attached to an aromatic ring is 1. The number of pyridine rings is 2. The minimum atomic E-state index is -0.612. The van der Waals surface area contributed by atoms with E-state index in [0.717, 1.165) is 38.3 Å². The molecule has 212 valence electrons. The zero-order chi connectivity index (χ0) is 28.5. The number of hydrogen-bond acceptors (Lipinski definition) is 8. The van der Waals surface area contributed by atoms with E-state index in [1.807, 2.05) is 6.92 Å². The predicted octanol–water partition coefficient (Wildman–Crippen LogP) is 2.60. The van der Waals surface area contributed by atoms with Crippen molar-refractivity contribution in [3.8, 4) is 11.3 Å². The molecule has 0 radical (unpaired) electrons. The van der Waals surface area contributed by atoms with Crippen molar-refractivity contribution in [3.63, 3.8) is 0 Å². The lowest BCUT2D eigenvalue weighted by atomic mass is 10.1. The number of piperazine rings is 1. The third-order valence-corrected chi connectivity index (χ3v) is 6.61. The fourth-order valence-electron chi connectivity index (χ4n) is 4.26. The van der Waals surface area contributed by atoms with Crippen LogP contribution in [0, 0.1) is 5.82 Å². The van der Waals surface area contributed by atoms with E-state index in [9.17, 15) is 14.0 Å². The maximum absolute atomic E-state index is 14.9. The third-order valence-electron chi connectivity index (χ3n) is 6.61. The van der Waals surface area contributed by atoms with Gasteiger partial charge in [0.2, 0.25) is 0 Å². The van der Waals surface area contributed by atoms with Crippen LogP contribution >= 0.6 is 0 Å². The van der Waals surface area contributed by atoms with Gasteiger partial charge in [-0.2, -0.15) is 0 Å². The summed E-state index contributed by atoms with van der Waals surface area (Å²) in [4.78, 5) is 38.4. The summed E-state index contributed by atoms with van der Waals surface area (Å²) in [5, 5.41) is 11.3. The summed E-state index contributed by atoms with van der Waals surface area (Å²) in [6, 6.07) is 10.6. The number of benzene rings is 1. The summed E-state index contributed by atoms with van der Waals surface area (Å²) in [6.45, 7) is 8.05. The van der Waals surface area contributed by atoms with E-state index in [-0.39, 0.29) is 18.1 Å².